The highest BCUT2D eigenvalue weighted by molar-refractivity contribution is 6.32. The molecule has 1 saturated heterocycles. The van der Waals surface area contributed by atoms with E-state index in [1.54, 1.807) is 12.3 Å². The summed E-state index contributed by atoms with van der Waals surface area (Å²) in [5.41, 5.74) is 2.95. The monoisotopic (exact) mass is 489 g/mol. The number of nitrogens with zero attached hydrogens (tertiary/aromatic N) is 9. The maximum Gasteiger partial charge on any atom is 0.229 e. The van der Waals surface area contributed by atoms with Crippen molar-refractivity contribution in [2.75, 3.05) is 28.6 Å². The maximum atomic E-state index is 8.89. The highest BCUT2D eigenvalue weighted by Gasteiger charge is 2.22. The summed E-state index contributed by atoms with van der Waals surface area (Å²) in [7, 11) is 0. The summed E-state index contributed by atoms with van der Waals surface area (Å²) in [4.78, 5) is 11.1. The fraction of sp³-hybridized carbons (Fsp3) is 0.348. The van der Waals surface area contributed by atoms with Crippen molar-refractivity contribution >= 4 is 45.9 Å². The van der Waals surface area contributed by atoms with Crippen LogP contribution in [-0.4, -0.2) is 54.3 Å². The lowest BCUT2D eigenvalue weighted by atomic mass is 10.1. The third kappa shape index (κ3) is 5.07. The normalized spacial score (nSPS) is 14.1. The molecule has 0 unspecified atom stereocenters. The molecule has 1 aliphatic rings. The molecule has 0 spiro atoms. The van der Waals surface area contributed by atoms with Crippen LogP contribution < -0.4 is 15.5 Å². The number of aryl methyl sites for hydroxylation is 1. The first kappa shape index (κ1) is 22.7. The largest absolute Gasteiger partial charge is 0.366 e. The van der Waals surface area contributed by atoms with Crippen LogP contribution in [0.15, 0.2) is 36.5 Å². The number of anilines is 4. The predicted octanol–water partition coefficient (Wildman–Crippen LogP) is 3.77. The standard InChI is InChI=1S/C23H24ClN11/c1-2-9-35-20-5-3-16(12-19(20)31-33-35)28-23-26-14-18(24)22(29-23)27-15-7-10-34(11-8-15)21-6-4-17(13-25)30-32-21/h3-6,12,14-15H,2,7-11H2,1H3,(H2,26,27,28,29). The summed E-state index contributed by atoms with van der Waals surface area (Å²) in [6.45, 7) is 4.56. The van der Waals surface area contributed by atoms with Gasteiger partial charge >= 0.3 is 0 Å². The van der Waals surface area contributed by atoms with Gasteiger partial charge in [0, 0.05) is 31.4 Å². The van der Waals surface area contributed by atoms with E-state index in [0.29, 0.717) is 22.5 Å². The van der Waals surface area contributed by atoms with Crippen LogP contribution in [0.4, 0.5) is 23.3 Å². The Balaban J connectivity index is 1.23. The van der Waals surface area contributed by atoms with Gasteiger partial charge in [0.2, 0.25) is 5.95 Å². The molecule has 1 aliphatic heterocycles. The fourth-order valence-electron chi connectivity index (χ4n) is 4.08. The molecular weight excluding hydrogens is 466 g/mol. The van der Waals surface area contributed by atoms with Crippen molar-refractivity contribution < 1.29 is 0 Å². The zero-order valence-corrected chi connectivity index (χ0v) is 19.9. The minimum Gasteiger partial charge on any atom is -0.366 e. The zero-order chi connectivity index (χ0) is 24.2. The van der Waals surface area contributed by atoms with Crippen molar-refractivity contribution in [1.82, 2.24) is 35.2 Å². The molecule has 2 N–H and O–H groups in total. The Kier molecular flexibility index (Phi) is 6.54. The van der Waals surface area contributed by atoms with Crippen LogP contribution in [0, 0.1) is 11.3 Å². The molecule has 1 fully saturated rings. The van der Waals surface area contributed by atoms with Gasteiger partial charge in [-0.2, -0.15) is 10.2 Å². The van der Waals surface area contributed by atoms with Gasteiger partial charge in [0.05, 0.1) is 11.7 Å². The lowest BCUT2D eigenvalue weighted by Gasteiger charge is -2.33. The number of nitrogens with one attached hydrogen (secondary N) is 2. The van der Waals surface area contributed by atoms with Crippen LogP contribution in [0.2, 0.25) is 5.02 Å². The number of benzene rings is 1. The van der Waals surface area contributed by atoms with Gasteiger partial charge in [0.15, 0.2) is 17.3 Å². The van der Waals surface area contributed by atoms with E-state index in [2.05, 4.69) is 52.9 Å². The van der Waals surface area contributed by atoms with Crippen LogP contribution in [0.1, 0.15) is 31.9 Å². The molecule has 1 aromatic carbocycles. The van der Waals surface area contributed by atoms with E-state index in [-0.39, 0.29) is 6.04 Å². The second kappa shape index (κ2) is 10.1. The van der Waals surface area contributed by atoms with Gasteiger partial charge in [-0.05, 0) is 49.6 Å². The van der Waals surface area contributed by atoms with Gasteiger partial charge in [0.25, 0.3) is 0 Å². The first-order chi connectivity index (χ1) is 17.1. The molecule has 5 rings (SSSR count). The van der Waals surface area contributed by atoms with Gasteiger partial charge in [-0.1, -0.05) is 23.7 Å². The third-order valence-corrected chi connectivity index (χ3v) is 6.15. The van der Waals surface area contributed by atoms with E-state index in [9.17, 15) is 0 Å². The van der Waals surface area contributed by atoms with E-state index in [4.69, 9.17) is 16.9 Å². The molecule has 4 aromatic rings. The second-order valence-electron chi connectivity index (χ2n) is 8.33. The molecule has 35 heavy (non-hydrogen) atoms. The average molecular weight is 490 g/mol. The first-order valence-electron chi connectivity index (χ1n) is 11.5. The summed E-state index contributed by atoms with van der Waals surface area (Å²) in [5, 5.41) is 32.6. The molecule has 0 aliphatic carbocycles. The van der Waals surface area contributed by atoms with E-state index < -0.39 is 0 Å². The predicted molar refractivity (Wildman–Crippen MR) is 134 cm³/mol. The number of halogens is 1. The smallest absolute Gasteiger partial charge is 0.229 e. The summed E-state index contributed by atoms with van der Waals surface area (Å²) < 4.78 is 1.90. The van der Waals surface area contributed by atoms with E-state index >= 15 is 0 Å². The van der Waals surface area contributed by atoms with Crippen LogP contribution in [-0.2, 0) is 6.54 Å². The van der Waals surface area contributed by atoms with Gasteiger partial charge < -0.3 is 15.5 Å². The molecule has 0 bridgehead atoms. The highest BCUT2D eigenvalue weighted by atomic mass is 35.5. The summed E-state index contributed by atoms with van der Waals surface area (Å²) in [5.74, 6) is 1.82. The number of hydrogen-bond acceptors (Lipinski definition) is 10. The summed E-state index contributed by atoms with van der Waals surface area (Å²) in [6.07, 6.45) is 4.36. The minimum atomic E-state index is 0.211. The number of fused-ring (bicyclic) bond motifs is 1. The third-order valence-electron chi connectivity index (χ3n) is 5.87. The number of hydrogen-bond donors (Lipinski definition) is 2. The number of rotatable bonds is 7. The molecule has 0 amide bonds. The van der Waals surface area contributed by atoms with Crippen molar-refractivity contribution in [2.45, 2.75) is 38.8 Å². The van der Waals surface area contributed by atoms with E-state index in [1.807, 2.05) is 35.0 Å². The second-order valence-corrected chi connectivity index (χ2v) is 8.73. The molecule has 0 radical (unpaired) electrons. The van der Waals surface area contributed by atoms with Crippen molar-refractivity contribution in [3.8, 4) is 6.07 Å². The first-order valence-corrected chi connectivity index (χ1v) is 11.9. The highest BCUT2D eigenvalue weighted by Crippen LogP contribution is 2.26. The Morgan fingerprint density at radius 3 is 2.74 bits per heavy atom. The molecule has 11 nitrogen and oxygen atoms in total. The van der Waals surface area contributed by atoms with Crippen LogP contribution in [0.5, 0.6) is 0 Å². The van der Waals surface area contributed by atoms with Gasteiger partial charge in [-0.15, -0.1) is 15.3 Å². The molecule has 0 saturated carbocycles. The van der Waals surface area contributed by atoms with Crippen LogP contribution in [0.3, 0.4) is 0 Å². The van der Waals surface area contributed by atoms with Crippen LogP contribution in [0.25, 0.3) is 11.0 Å². The van der Waals surface area contributed by atoms with Gasteiger partial charge in [-0.25, -0.2) is 9.67 Å². The Morgan fingerprint density at radius 1 is 1.14 bits per heavy atom. The Morgan fingerprint density at radius 2 is 2.00 bits per heavy atom. The summed E-state index contributed by atoms with van der Waals surface area (Å²) >= 11 is 6.39. The molecule has 0 atom stereocenters. The van der Waals surface area contributed by atoms with Crippen molar-refractivity contribution in [2.24, 2.45) is 0 Å². The van der Waals surface area contributed by atoms with Crippen molar-refractivity contribution in [3.05, 3.63) is 47.2 Å². The Labute approximate surface area is 207 Å². The lowest BCUT2D eigenvalue weighted by molar-refractivity contribution is 0.521. The van der Waals surface area contributed by atoms with Gasteiger partial charge in [0.1, 0.15) is 16.6 Å². The Bertz CT molecular complexity index is 1350. The summed E-state index contributed by atoms with van der Waals surface area (Å²) in [6, 6.07) is 11.6. The molecule has 12 heteroatoms. The minimum absolute atomic E-state index is 0.211. The number of aromatic nitrogens is 7. The van der Waals surface area contributed by atoms with Crippen molar-refractivity contribution in [1.29, 1.82) is 5.26 Å². The molecule has 4 heterocycles. The quantitative estimate of drug-likeness (QED) is 0.395. The SMILES string of the molecule is CCCn1nnc2cc(Nc3ncc(Cl)c(NC4CCN(c5ccc(C#N)nn5)CC4)n3)ccc21. The maximum absolute atomic E-state index is 8.89. The van der Waals surface area contributed by atoms with Gasteiger partial charge in [-0.3, -0.25) is 0 Å². The lowest BCUT2D eigenvalue weighted by Crippen LogP contribution is -2.39. The van der Waals surface area contributed by atoms with E-state index in [0.717, 1.165) is 61.4 Å². The average Bonchev–Trinajstić information content (AvgIpc) is 3.29. The van der Waals surface area contributed by atoms with E-state index in [1.165, 1.54) is 0 Å². The number of piperidine rings is 1. The molecular formula is C23H24ClN11. The zero-order valence-electron chi connectivity index (χ0n) is 19.2. The Hall–Kier alpha value is -4.04. The molecule has 3 aromatic heterocycles. The topological polar surface area (TPSA) is 133 Å². The number of nitriles is 1. The van der Waals surface area contributed by atoms with Crippen LogP contribution >= 0.6 is 11.6 Å². The fourth-order valence-corrected chi connectivity index (χ4v) is 4.23. The molecule has 178 valence electrons. The van der Waals surface area contributed by atoms with Crippen molar-refractivity contribution in [3.63, 3.8) is 0 Å².